The molecule has 1 aromatic carbocycles. The van der Waals surface area contributed by atoms with E-state index in [0.717, 1.165) is 12.7 Å². The zero-order chi connectivity index (χ0) is 15.7. The second-order valence-electron chi connectivity index (χ2n) is 4.40. The number of ether oxygens (including phenoxy) is 3. The molecule has 0 aromatic heterocycles. The molecule has 1 atom stereocenters. The highest BCUT2D eigenvalue weighted by atomic mass is 16.6. The molecule has 0 aliphatic carbocycles. The maximum atomic E-state index is 11.9. The monoisotopic (exact) mass is 294 g/mol. The van der Waals surface area contributed by atoms with Crippen molar-refractivity contribution < 1.29 is 23.8 Å². The lowest BCUT2D eigenvalue weighted by Crippen LogP contribution is -2.29. The van der Waals surface area contributed by atoms with E-state index < -0.39 is 6.10 Å². The van der Waals surface area contributed by atoms with Crippen LogP contribution in [0.15, 0.2) is 18.2 Å². The smallest absolute Gasteiger partial charge is 0.347 e. The summed E-state index contributed by atoms with van der Waals surface area (Å²) in [6.07, 6.45) is 1.41. The van der Waals surface area contributed by atoms with Crippen LogP contribution >= 0.6 is 0 Å². The summed E-state index contributed by atoms with van der Waals surface area (Å²) in [5, 5.41) is 0. The summed E-state index contributed by atoms with van der Waals surface area (Å²) in [6.45, 7) is 6.31. The Morgan fingerprint density at radius 1 is 1.19 bits per heavy atom. The van der Waals surface area contributed by atoms with Gasteiger partial charge in [0, 0.05) is 5.56 Å². The van der Waals surface area contributed by atoms with Gasteiger partial charge in [-0.3, -0.25) is 4.79 Å². The molecule has 0 aliphatic heterocycles. The van der Waals surface area contributed by atoms with Crippen molar-refractivity contribution in [2.45, 2.75) is 39.7 Å². The minimum Gasteiger partial charge on any atom is -0.490 e. The number of benzene rings is 1. The van der Waals surface area contributed by atoms with Crippen LogP contribution in [0.1, 0.15) is 44.0 Å². The Hall–Kier alpha value is -2.04. The SMILES string of the molecule is CCCC(Oc1ccc(C=O)cc1OCC)C(=O)OCC. The Balaban J connectivity index is 2.95. The van der Waals surface area contributed by atoms with Gasteiger partial charge in [0.15, 0.2) is 17.6 Å². The number of hydrogen-bond acceptors (Lipinski definition) is 5. The van der Waals surface area contributed by atoms with Crippen LogP contribution in [0.25, 0.3) is 0 Å². The molecule has 0 amide bonds. The highest BCUT2D eigenvalue weighted by Crippen LogP contribution is 2.29. The van der Waals surface area contributed by atoms with E-state index in [1.807, 2.05) is 13.8 Å². The fourth-order valence-corrected chi connectivity index (χ4v) is 1.84. The van der Waals surface area contributed by atoms with Crippen LogP contribution < -0.4 is 9.47 Å². The van der Waals surface area contributed by atoms with Gasteiger partial charge in [0.2, 0.25) is 0 Å². The van der Waals surface area contributed by atoms with Crippen LogP contribution in [0.4, 0.5) is 0 Å². The van der Waals surface area contributed by atoms with E-state index in [0.29, 0.717) is 36.7 Å². The van der Waals surface area contributed by atoms with Crippen molar-refractivity contribution >= 4 is 12.3 Å². The van der Waals surface area contributed by atoms with E-state index in [9.17, 15) is 9.59 Å². The van der Waals surface area contributed by atoms with E-state index in [1.54, 1.807) is 25.1 Å². The van der Waals surface area contributed by atoms with Crippen molar-refractivity contribution in [1.29, 1.82) is 0 Å². The number of carbonyl (C=O) groups excluding carboxylic acids is 2. The van der Waals surface area contributed by atoms with Gasteiger partial charge < -0.3 is 14.2 Å². The third kappa shape index (κ3) is 5.10. The predicted octanol–water partition coefficient (Wildman–Crippen LogP) is 3.01. The molecule has 0 bridgehead atoms. The number of esters is 1. The van der Waals surface area contributed by atoms with Gasteiger partial charge in [0.1, 0.15) is 6.29 Å². The third-order valence-electron chi connectivity index (χ3n) is 2.77. The minimum atomic E-state index is -0.670. The van der Waals surface area contributed by atoms with Crippen LogP contribution in [0.2, 0.25) is 0 Å². The van der Waals surface area contributed by atoms with E-state index >= 15 is 0 Å². The third-order valence-corrected chi connectivity index (χ3v) is 2.77. The van der Waals surface area contributed by atoms with Crippen LogP contribution in [0, 0.1) is 0 Å². The molecule has 5 nitrogen and oxygen atoms in total. The van der Waals surface area contributed by atoms with Crippen molar-refractivity contribution in [3.63, 3.8) is 0 Å². The van der Waals surface area contributed by atoms with E-state index in [4.69, 9.17) is 14.2 Å². The van der Waals surface area contributed by atoms with Crippen molar-refractivity contribution in [3.05, 3.63) is 23.8 Å². The molecule has 21 heavy (non-hydrogen) atoms. The van der Waals surface area contributed by atoms with Crippen molar-refractivity contribution in [3.8, 4) is 11.5 Å². The topological polar surface area (TPSA) is 61.8 Å². The fourth-order valence-electron chi connectivity index (χ4n) is 1.84. The van der Waals surface area contributed by atoms with E-state index in [-0.39, 0.29) is 5.97 Å². The maximum absolute atomic E-state index is 11.9. The quantitative estimate of drug-likeness (QED) is 0.517. The van der Waals surface area contributed by atoms with Gasteiger partial charge in [-0.15, -0.1) is 0 Å². The van der Waals surface area contributed by atoms with Crippen LogP contribution in [-0.4, -0.2) is 31.6 Å². The minimum absolute atomic E-state index is 0.310. The zero-order valence-electron chi connectivity index (χ0n) is 12.8. The Morgan fingerprint density at radius 3 is 2.52 bits per heavy atom. The van der Waals surface area contributed by atoms with Crippen LogP contribution in [0.5, 0.6) is 11.5 Å². The summed E-state index contributed by atoms with van der Waals surface area (Å²) in [5.74, 6) is 0.503. The van der Waals surface area contributed by atoms with Crippen LogP contribution in [-0.2, 0) is 9.53 Å². The molecule has 0 saturated carbocycles. The molecule has 0 radical (unpaired) electrons. The average molecular weight is 294 g/mol. The summed E-state index contributed by atoms with van der Waals surface area (Å²) in [4.78, 5) is 22.7. The first kappa shape index (κ1) is 17.0. The van der Waals surface area contributed by atoms with E-state index in [1.165, 1.54) is 0 Å². The lowest BCUT2D eigenvalue weighted by molar-refractivity contribution is -0.151. The second kappa shape index (κ2) is 9.00. The summed E-state index contributed by atoms with van der Waals surface area (Å²) in [7, 11) is 0. The van der Waals surface area contributed by atoms with Gasteiger partial charge in [-0.25, -0.2) is 4.79 Å². The molecule has 1 aromatic rings. The molecule has 0 aliphatic rings. The largest absolute Gasteiger partial charge is 0.490 e. The van der Waals surface area contributed by atoms with E-state index in [2.05, 4.69) is 0 Å². The van der Waals surface area contributed by atoms with Gasteiger partial charge in [-0.1, -0.05) is 13.3 Å². The highest BCUT2D eigenvalue weighted by Gasteiger charge is 2.22. The van der Waals surface area contributed by atoms with Crippen LogP contribution in [0.3, 0.4) is 0 Å². The molecule has 0 saturated heterocycles. The molecule has 116 valence electrons. The molecule has 1 unspecified atom stereocenters. The summed E-state index contributed by atoms with van der Waals surface area (Å²) < 4.78 is 16.2. The molecule has 5 heteroatoms. The van der Waals surface area contributed by atoms with Crippen molar-refractivity contribution in [2.24, 2.45) is 0 Å². The molecule has 0 spiro atoms. The summed E-state index contributed by atoms with van der Waals surface area (Å²) >= 11 is 0. The maximum Gasteiger partial charge on any atom is 0.347 e. The second-order valence-corrected chi connectivity index (χ2v) is 4.40. The predicted molar refractivity (Wildman–Crippen MR) is 79.0 cm³/mol. The van der Waals surface area contributed by atoms with Crippen molar-refractivity contribution in [2.75, 3.05) is 13.2 Å². The Morgan fingerprint density at radius 2 is 1.95 bits per heavy atom. The van der Waals surface area contributed by atoms with Crippen molar-refractivity contribution in [1.82, 2.24) is 0 Å². The lowest BCUT2D eigenvalue weighted by Gasteiger charge is -2.19. The lowest BCUT2D eigenvalue weighted by atomic mass is 10.2. The van der Waals surface area contributed by atoms with Gasteiger partial charge in [0.05, 0.1) is 13.2 Å². The van der Waals surface area contributed by atoms with Gasteiger partial charge >= 0.3 is 5.97 Å². The zero-order valence-corrected chi connectivity index (χ0v) is 12.8. The fraction of sp³-hybridized carbons (Fsp3) is 0.500. The first-order valence-corrected chi connectivity index (χ1v) is 7.21. The number of hydrogen-bond donors (Lipinski definition) is 0. The molecule has 0 heterocycles. The Kier molecular flexibility index (Phi) is 7.29. The normalized spacial score (nSPS) is 11.6. The Bertz CT molecular complexity index is 470. The van der Waals surface area contributed by atoms with Gasteiger partial charge in [0.25, 0.3) is 0 Å². The summed E-state index contributed by atoms with van der Waals surface area (Å²) in [5.41, 5.74) is 0.494. The average Bonchev–Trinajstić information content (AvgIpc) is 2.48. The number of carbonyl (C=O) groups is 2. The highest BCUT2D eigenvalue weighted by molar-refractivity contribution is 5.77. The van der Waals surface area contributed by atoms with Gasteiger partial charge in [-0.2, -0.15) is 0 Å². The number of aldehydes is 1. The molecule has 0 fully saturated rings. The molecule has 0 N–H and O–H groups in total. The molecule has 1 rings (SSSR count). The number of rotatable bonds is 9. The molecular weight excluding hydrogens is 272 g/mol. The Labute approximate surface area is 125 Å². The first-order valence-electron chi connectivity index (χ1n) is 7.21. The molecular formula is C16H22O5. The first-order chi connectivity index (χ1) is 10.2. The summed E-state index contributed by atoms with van der Waals surface area (Å²) in [6, 6.07) is 4.86. The van der Waals surface area contributed by atoms with Gasteiger partial charge in [-0.05, 0) is 38.5 Å². The standard InChI is InChI=1S/C16H22O5/c1-4-7-14(16(18)20-6-3)21-13-9-8-12(11-17)10-15(13)19-5-2/h8-11,14H,4-7H2,1-3H3.